The van der Waals surface area contributed by atoms with Crippen LogP contribution in [-0.4, -0.2) is 88.2 Å². The van der Waals surface area contributed by atoms with Gasteiger partial charge in [0.25, 0.3) is 0 Å². The Bertz CT molecular complexity index is 743. The van der Waals surface area contributed by atoms with Crippen LogP contribution in [0.1, 0.15) is 12.8 Å². The maximum absolute atomic E-state index is 12.7. The Balaban J connectivity index is 1.49. The Morgan fingerprint density at radius 2 is 2.12 bits per heavy atom. The van der Waals surface area contributed by atoms with Crippen molar-refractivity contribution in [3.8, 4) is 0 Å². The highest BCUT2D eigenvalue weighted by atomic mass is 16.5. The van der Waals surface area contributed by atoms with Crippen LogP contribution in [0.4, 0.5) is 10.6 Å². The third-order valence-corrected chi connectivity index (χ3v) is 5.03. The maximum Gasteiger partial charge on any atom is 0.320 e. The monoisotopic (exact) mass is 345 g/mol. The fourth-order valence-electron chi connectivity index (χ4n) is 3.59. The van der Waals surface area contributed by atoms with Gasteiger partial charge in [0.15, 0.2) is 11.5 Å². The van der Waals surface area contributed by atoms with Crippen molar-refractivity contribution < 1.29 is 9.53 Å². The van der Waals surface area contributed by atoms with E-state index >= 15 is 0 Å². The summed E-state index contributed by atoms with van der Waals surface area (Å²) in [4.78, 5) is 34.7. The number of nitrogens with one attached hydrogen (secondary N) is 1. The number of nitrogens with zero attached hydrogens (tertiary/aromatic N) is 6. The topological polar surface area (TPSA) is 90.5 Å². The minimum Gasteiger partial charge on any atom is -0.378 e. The van der Waals surface area contributed by atoms with Crippen LogP contribution in [0.2, 0.25) is 0 Å². The molecule has 0 aromatic carbocycles. The third kappa shape index (κ3) is 3.11. The number of carbonyl (C=O) groups is 1. The number of hydrogen-bond acceptors (Lipinski definition) is 6. The van der Waals surface area contributed by atoms with Gasteiger partial charge in [-0.15, -0.1) is 0 Å². The van der Waals surface area contributed by atoms with E-state index in [4.69, 9.17) is 4.74 Å². The van der Waals surface area contributed by atoms with Gasteiger partial charge in [-0.3, -0.25) is 0 Å². The van der Waals surface area contributed by atoms with E-state index in [-0.39, 0.29) is 12.1 Å². The molecule has 2 aromatic rings. The average molecular weight is 345 g/mol. The summed E-state index contributed by atoms with van der Waals surface area (Å²) >= 11 is 0. The third-order valence-electron chi connectivity index (χ3n) is 5.03. The van der Waals surface area contributed by atoms with Crippen molar-refractivity contribution in [2.45, 2.75) is 18.9 Å². The minimum atomic E-state index is 0.0875. The molecule has 0 bridgehead atoms. The van der Waals surface area contributed by atoms with Crippen LogP contribution in [-0.2, 0) is 4.74 Å². The summed E-state index contributed by atoms with van der Waals surface area (Å²) in [6.45, 7) is 4.25. The van der Waals surface area contributed by atoms with Crippen LogP contribution < -0.4 is 4.90 Å². The number of H-pyrrole nitrogens is 1. The predicted molar refractivity (Wildman–Crippen MR) is 92.5 cm³/mol. The predicted octanol–water partition coefficient (Wildman–Crippen LogP) is 0.706. The van der Waals surface area contributed by atoms with E-state index < -0.39 is 0 Å². The summed E-state index contributed by atoms with van der Waals surface area (Å²) in [5.74, 6) is 0.861. The van der Waals surface area contributed by atoms with Gasteiger partial charge in [-0.25, -0.2) is 19.7 Å². The molecule has 2 saturated heterocycles. The molecule has 4 rings (SSSR count). The number of anilines is 1. The molecule has 0 aliphatic carbocycles. The van der Waals surface area contributed by atoms with Crippen molar-refractivity contribution in [1.82, 2.24) is 29.7 Å². The van der Waals surface area contributed by atoms with Gasteiger partial charge in [-0.05, 0) is 12.8 Å². The number of ether oxygens (including phenoxy) is 1. The van der Waals surface area contributed by atoms with Gasteiger partial charge in [-0.2, -0.15) is 0 Å². The molecule has 0 spiro atoms. The first-order valence-electron chi connectivity index (χ1n) is 8.72. The number of imidazole rings is 1. The minimum absolute atomic E-state index is 0.0875. The van der Waals surface area contributed by atoms with Crippen molar-refractivity contribution in [3.63, 3.8) is 0 Å². The second kappa shape index (κ2) is 6.83. The first-order chi connectivity index (χ1) is 12.2. The normalized spacial score (nSPS) is 21.6. The Morgan fingerprint density at radius 1 is 1.28 bits per heavy atom. The number of urea groups is 1. The van der Waals surface area contributed by atoms with Crippen LogP contribution >= 0.6 is 0 Å². The molecule has 2 fully saturated rings. The Hall–Kier alpha value is -2.42. The smallest absolute Gasteiger partial charge is 0.320 e. The average Bonchev–Trinajstić information content (AvgIpc) is 3.16. The number of aromatic amines is 1. The van der Waals surface area contributed by atoms with Crippen molar-refractivity contribution in [1.29, 1.82) is 0 Å². The molecule has 9 nitrogen and oxygen atoms in total. The Kier molecular flexibility index (Phi) is 4.39. The van der Waals surface area contributed by atoms with Crippen LogP contribution in [0, 0.1) is 0 Å². The highest BCUT2D eigenvalue weighted by molar-refractivity contribution is 5.82. The lowest BCUT2D eigenvalue weighted by Crippen LogP contribution is -2.54. The molecule has 4 heterocycles. The standard InChI is InChI=1S/C16H23N7O2/c1-21(16(24)22-5-7-25-8-6-22)12-3-2-4-23(9-12)15-13-14(18-10-17-13)19-11-20-15/h10-12H,2-9H2,1H3,(H,17,18,19,20). The number of fused-ring (bicyclic) bond motifs is 1. The molecule has 2 amide bonds. The van der Waals surface area contributed by atoms with Crippen LogP contribution in [0.5, 0.6) is 0 Å². The lowest BCUT2D eigenvalue weighted by atomic mass is 10.0. The highest BCUT2D eigenvalue weighted by Crippen LogP contribution is 2.25. The van der Waals surface area contributed by atoms with Gasteiger partial charge in [0, 0.05) is 33.2 Å². The number of amides is 2. The molecular formula is C16H23N7O2. The molecule has 25 heavy (non-hydrogen) atoms. The van der Waals surface area contributed by atoms with Gasteiger partial charge >= 0.3 is 6.03 Å². The van der Waals surface area contributed by atoms with Crippen LogP contribution in [0.3, 0.4) is 0 Å². The zero-order valence-corrected chi connectivity index (χ0v) is 14.4. The van der Waals surface area contributed by atoms with E-state index in [0.717, 1.165) is 37.3 Å². The highest BCUT2D eigenvalue weighted by Gasteiger charge is 2.30. The number of hydrogen-bond donors (Lipinski definition) is 1. The number of morpholine rings is 1. The second-order valence-electron chi connectivity index (χ2n) is 6.53. The van der Waals surface area contributed by atoms with Gasteiger partial charge in [0.2, 0.25) is 0 Å². The number of aromatic nitrogens is 4. The van der Waals surface area contributed by atoms with Crippen molar-refractivity contribution in [3.05, 3.63) is 12.7 Å². The molecule has 0 saturated carbocycles. The number of carbonyl (C=O) groups excluding carboxylic acids is 1. The lowest BCUT2D eigenvalue weighted by Gasteiger charge is -2.40. The molecular weight excluding hydrogens is 322 g/mol. The molecule has 2 aromatic heterocycles. The molecule has 9 heteroatoms. The molecule has 2 aliphatic heterocycles. The second-order valence-corrected chi connectivity index (χ2v) is 6.53. The summed E-state index contributed by atoms with van der Waals surface area (Å²) in [5.41, 5.74) is 1.52. The summed E-state index contributed by atoms with van der Waals surface area (Å²) in [6.07, 6.45) is 5.20. The Morgan fingerprint density at radius 3 is 2.96 bits per heavy atom. The van der Waals surface area contributed by atoms with Crippen molar-refractivity contribution in [2.24, 2.45) is 0 Å². The molecule has 134 valence electrons. The number of likely N-dealkylation sites (N-methyl/N-ethyl adjacent to an activating group) is 1. The van der Waals surface area contributed by atoms with Gasteiger partial charge in [-0.1, -0.05) is 0 Å². The van der Waals surface area contributed by atoms with Crippen molar-refractivity contribution >= 4 is 23.0 Å². The fourth-order valence-corrected chi connectivity index (χ4v) is 3.59. The van der Waals surface area contributed by atoms with Gasteiger partial charge in [0.05, 0.1) is 25.6 Å². The van der Waals surface area contributed by atoms with Gasteiger partial charge < -0.3 is 24.4 Å². The zero-order valence-electron chi connectivity index (χ0n) is 14.4. The van der Waals surface area contributed by atoms with Crippen LogP contribution in [0.15, 0.2) is 12.7 Å². The molecule has 2 aliphatic rings. The molecule has 1 atom stereocenters. The first-order valence-corrected chi connectivity index (χ1v) is 8.72. The van der Waals surface area contributed by atoms with E-state index in [2.05, 4.69) is 24.8 Å². The lowest BCUT2D eigenvalue weighted by molar-refractivity contribution is 0.0414. The number of piperidine rings is 1. The maximum atomic E-state index is 12.7. The summed E-state index contributed by atoms with van der Waals surface area (Å²) in [7, 11) is 1.90. The zero-order chi connectivity index (χ0) is 17.2. The van der Waals surface area contributed by atoms with E-state index in [1.54, 1.807) is 12.7 Å². The van der Waals surface area contributed by atoms with E-state index in [1.165, 1.54) is 0 Å². The largest absolute Gasteiger partial charge is 0.378 e. The molecule has 1 unspecified atom stereocenters. The van der Waals surface area contributed by atoms with Crippen LogP contribution in [0.25, 0.3) is 11.2 Å². The quantitative estimate of drug-likeness (QED) is 0.862. The summed E-state index contributed by atoms with van der Waals surface area (Å²) in [6, 6.07) is 0.251. The molecule has 0 radical (unpaired) electrons. The first kappa shape index (κ1) is 16.1. The fraction of sp³-hybridized carbons (Fsp3) is 0.625. The van der Waals surface area contributed by atoms with Crippen molar-refractivity contribution in [2.75, 3.05) is 51.3 Å². The summed E-state index contributed by atoms with van der Waals surface area (Å²) < 4.78 is 5.34. The number of rotatable bonds is 2. The van der Waals surface area contributed by atoms with E-state index in [0.29, 0.717) is 32.0 Å². The molecule has 1 N–H and O–H groups in total. The Labute approximate surface area is 146 Å². The van der Waals surface area contributed by atoms with Gasteiger partial charge in [0.1, 0.15) is 11.8 Å². The van der Waals surface area contributed by atoms with E-state index in [1.807, 2.05) is 16.8 Å². The summed E-state index contributed by atoms with van der Waals surface area (Å²) in [5, 5.41) is 0. The SMILES string of the molecule is CN(C(=O)N1CCOCC1)C1CCCN(c2ncnc3nc[nH]c23)C1. The van der Waals surface area contributed by atoms with E-state index in [9.17, 15) is 4.79 Å².